The number of hydrogen-bond donors (Lipinski definition) is 2. The highest BCUT2D eigenvalue weighted by Crippen LogP contribution is 2.43. The summed E-state index contributed by atoms with van der Waals surface area (Å²) in [6, 6.07) is 6.89. The molecular weight excluding hydrogens is 448 g/mol. The molecule has 0 bridgehead atoms. The molecule has 0 saturated carbocycles. The second kappa shape index (κ2) is 8.76. The van der Waals surface area contributed by atoms with E-state index in [0.717, 1.165) is 31.5 Å². The standard InChI is InChI=1S/C25H28F4N4O/c1-15-2-3-20(27)19-11-21(31-23(15)19)24(34)30-17-8-16(26)9-18(10-17)33-13-25(14-33)4-6-32(7-5-25)12-22(28)29/h2-3,8-10,21-22,31H,4-7,11-14H2,1H3,(H,30,34). The van der Waals surface area contributed by atoms with Crippen LogP contribution < -0.4 is 15.5 Å². The van der Waals surface area contributed by atoms with Gasteiger partial charge in [0.1, 0.15) is 17.7 Å². The van der Waals surface area contributed by atoms with Crippen molar-refractivity contribution in [1.29, 1.82) is 0 Å². The van der Waals surface area contributed by atoms with Crippen LogP contribution in [0.5, 0.6) is 0 Å². The van der Waals surface area contributed by atoms with Crippen molar-refractivity contribution in [1.82, 2.24) is 4.90 Å². The maximum Gasteiger partial charge on any atom is 0.251 e. The van der Waals surface area contributed by atoms with E-state index in [-0.39, 0.29) is 30.1 Å². The Morgan fingerprint density at radius 1 is 1.18 bits per heavy atom. The van der Waals surface area contributed by atoms with Crippen molar-refractivity contribution in [3.8, 4) is 0 Å². The molecule has 5 rings (SSSR count). The van der Waals surface area contributed by atoms with E-state index in [0.29, 0.717) is 35.7 Å². The molecule has 3 aliphatic heterocycles. The largest absolute Gasteiger partial charge is 0.373 e. The highest BCUT2D eigenvalue weighted by molar-refractivity contribution is 5.98. The van der Waals surface area contributed by atoms with E-state index < -0.39 is 18.3 Å². The molecule has 34 heavy (non-hydrogen) atoms. The summed E-state index contributed by atoms with van der Waals surface area (Å²) in [7, 11) is 0. The normalized spacial score (nSPS) is 21.4. The van der Waals surface area contributed by atoms with Gasteiger partial charge in [-0.15, -0.1) is 0 Å². The first kappa shape index (κ1) is 23.0. The number of piperidine rings is 1. The monoisotopic (exact) mass is 476 g/mol. The number of hydrogen-bond acceptors (Lipinski definition) is 4. The summed E-state index contributed by atoms with van der Waals surface area (Å²) >= 11 is 0. The minimum Gasteiger partial charge on any atom is -0.373 e. The minimum absolute atomic E-state index is 0.0792. The predicted octanol–water partition coefficient (Wildman–Crippen LogP) is 4.42. The van der Waals surface area contributed by atoms with E-state index in [1.165, 1.54) is 18.2 Å². The number of nitrogens with zero attached hydrogens (tertiary/aromatic N) is 2. The molecule has 2 saturated heterocycles. The zero-order chi connectivity index (χ0) is 24.0. The van der Waals surface area contributed by atoms with E-state index in [1.807, 2.05) is 6.92 Å². The molecule has 2 N–H and O–H groups in total. The number of benzene rings is 2. The van der Waals surface area contributed by atoms with Crippen molar-refractivity contribution in [2.24, 2.45) is 5.41 Å². The molecule has 182 valence electrons. The van der Waals surface area contributed by atoms with E-state index in [2.05, 4.69) is 15.5 Å². The second-order valence-corrected chi connectivity index (χ2v) is 9.85. The number of fused-ring (bicyclic) bond motifs is 1. The molecule has 0 aliphatic carbocycles. The average molecular weight is 477 g/mol. The molecule has 2 fully saturated rings. The zero-order valence-corrected chi connectivity index (χ0v) is 19.0. The van der Waals surface area contributed by atoms with Crippen LogP contribution >= 0.6 is 0 Å². The first-order valence-corrected chi connectivity index (χ1v) is 11.6. The van der Waals surface area contributed by atoms with Gasteiger partial charge in [0, 0.05) is 47.6 Å². The van der Waals surface area contributed by atoms with Gasteiger partial charge in [-0.2, -0.15) is 0 Å². The number of carbonyl (C=O) groups excluding carboxylic acids is 1. The van der Waals surface area contributed by atoms with Crippen molar-refractivity contribution in [2.75, 3.05) is 48.3 Å². The van der Waals surface area contributed by atoms with Gasteiger partial charge in [-0.3, -0.25) is 9.69 Å². The Morgan fingerprint density at radius 2 is 1.91 bits per heavy atom. The Bertz CT molecular complexity index is 1060. The smallest absolute Gasteiger partial charge is 0.251 e. The van der Waals surface area contributed by atoms with Crippen molar-refractivity contribution < 1.29 is 22.4 Å². The van der Waals surface area contributed by atoms with Crippen molar-refractivity contribution >= 4 is 23.0 Å². The highest BCUT2D eigenvalue weighted by atomic mass is 19.3. The molecule has 0 aromatic heterocycles. The third-order valence-electron chi connectivity index (χ3n) is 7.39. The molecule has 2 aromatic rings. The van der Waals surface area contributed by atoms with Gasteiger partial charge >= 0.3 is 0 Å². The number of amides is 1. The molecule has 0 radical (unpaired) electrons. The van der Waals surface area contributed by atoms with Crippen LogP contribution in [0.1, 0.15) is 24.0 Å². The number of anilines is 3. The molecule has 1 unspecified atom stereocenters. The summed E-state index contributed by atoms with van der Waals surface area (Å²) in [6.45, 7) is 4.46. The van der Waals surface area contributed by atoms with Gasteiger partial charge in [0.25, 0.3) is 6.43 Å². The van der Waals surface area contributed by atoms with Crippen LogP contribution in [0.25, 0.3) is 0 Å². The number of halogens is 4. The molecule has 9 heteroatoms. The van der Waals surface area contributed by atoms with Crippen LogP contribution in [0.15, 0.2) is 30.3 Å². The SMILES string of the molecule is Cc1ccc(F)c2c1NC(C(=O)Nc1cc(F)cc(N3CC4(CCN(CC(F)F)CC4)C3)c1)C2. The molecular formula is C25H28F4N4O. The van der Waals surface area contributed by atoms with Gasteiger partial charge < -0.3 is 15.5 Å². The topological polar surface area (TPSA) is 47.6 Å². The summed E-state index contributed by atoms with van der Waals surface area (Å²) in [5, 5.41) is 5.85. The number of likely N-dealkylation sites (tertiary alicyclic amines) is 1. The van der Waals surface area contributed by atoms with Crippen molar-refractivity contribution in [3.63, 3.8) is 0 Å². The van der Waals surface area contributed by atoms with Crippen LogP contribution in [-0.4, -0.2) is 56.0 Å². The number of nitrogens with one attached hydrogen (secondary N) is 2. The summed E-state index contributed by atoms with van der Waals surface area (Å²) in [5.41, 5.74) is 3.11. The zero-order valence-electron chi connectivity index (χ0n) is 19.0. The highest BCUT2D eigenvalue weighted by Gasteiger charge is 2.45. The van der Waals surface area contributed by atoms with Gasteiger partial charge in [-0.25, -0.2) is 17.6 Å². The van der Waals surface area contributed by atoms with Gasteiger partial charge in [0.15, 0.2) is 0 Å². The number of alkyl halides is 2. The van der Waals surface area contributed by atoms with E-state index in [4.69, 9.17) is 0 Å². The average Bonchev–Trinajstić information content (AvgIpc) is 3.22. The minimum atomic E-state index is -2.32. The van der Waals surface area contributed by atoms with Crippen LogP contribution in [0.2, 0.25) is 0 Å². The summed E-state index contributed by atoms with van der Waals surface area (Å²) < 4.78 is 53.8. The molecule has 5 nitrogen and oxygen atoms in total. The third kappa shape index (κ3) is 4.45. The number of carbonyl (C=O) groups is 1. The van der Waals surface area contributed by atoms with Crippen LogP contribution in [0, 0.1) is 24.0 Å². The van der Waals surface area contributed by atoms with E-state index in [1.54, 1.807) is 17.0 Å². The predicted molar refractivity (Wildman–Crippen MR) is 124 cm³/mol. The van der Waals surface area contributed by atoms with Gasteiger partial charge in [0.2, 0.25) is 5.91 Å². The molecule has 3 aliphatic rings. The van der Waals surface area contributed by atoms with Gasteiger partial charge in [0.05, 0.1) is 6.54 Å². The third-order valence-corrected chi connectivity index (χ3v) is 7.39. The fourth-order valence-corrected chi connectivity index (χ4v) is 5.45. The van der Waals surface area contributed by atoms with Crippen LogP contribution in [0.3, 0.4) is 0 Å². The summed E-state index contributed by atoms with van der Waals surface area (Å²) in [4.78, 5) is 16.7. The summed E-state index contributed by atoms with van der Waals surface area (Å²) in [6.07, 6.45) is -0.393. The fraction of sp³-hybridized carbons (Fsp3) is 0.480. The molecule has 1 spiro atoms. The lowest BCUT2D eigenvalue weighted by Gasteiger charge is -2.55. The summed E-state index contributed by atoms with van der Waals surface area (Å²) in [5.74, 6) is -1.15. The molecule has 1 amide bonds. The maximum atomic E-state index is 14.4. The van der Waals surface area contributed by atoms with E-state index in [9.17, 15) is 22.4 Å². The lowest BCUT2D eigenvalue weighted by Crippen LogP contribution is -2.60. The molecule has 1 atom stereocenters. The molecule has 2 aromatic carbocycles. The first-order chi connectivity index (χ1) is 16.2. The first-order valence-electron chi connectivity index (χ1n) is 11.6. The lowest BCUT2D eigenvalue weighted by atomic mass is 9.71. The lowest BCUT2D eigenvalue weighted by molar-refractivity contribution is -0.116. The Balaban J connectivity index is 1.21. The van der Waals surface area contributed by atoms with Crippen molar-refractivity contribution in [2.45, 2.75) is 38.7 Å². The van der Waals surface area contributed by atoms with Crippen molar-refractivity contribution in [3.05, 3.63) is 53.1 Å². The quantitative estimate of drug-likeness (QED) is 0.628. The number of aryl methyl sites for hydroxylation is 1. The van der Waals surface area contributed by atoms with Gasteiger partial charge in [-0.1, -0.05) is 6.07 Å². The van der Waals surface area contributed by atoms with Gasteiger partial charge in [-0.05, 0) is 62.7 Å². The Hall–Kier alpha value is -2.81. The Labute approximate surface area is 196 Å². The Morgan fingerprint density at radius 3 is 2.59 bits per heavy atom. The fourth-order valence-electron chi connectivity index (χ4n) is 5.45. The molecule has 3 heterocycles. The second-order valence-electron chi connectivity index (χ2n) is 9.85. The van der Waals surface area contributed by atoms with Crippen LogP contribution in [0.4, 0.5) is 34.6 Å². The maximum absolute atomic E-state index is 14.4. The Kier molecular flexibility index (Phi) is 5.91. The number of rotatable bonds is 5. The van der Waals surface area contributed by atoms with E-state index >= 15 is 0 Å². The van der Waals surface area contributed by atoms with Crippen LogP contribution in [-0.2, 0) is 11.2 Å².